The van der Waals surface area contributed by atoms with Gasteiger partial charge in [0.1, 0.15) is 6.17 Å². The maximum atomic E-state index is 15.5. The number of nitrogens with one attached hydrogen (secondary N) is 4. The Balaban J connectivity index is 1.66. The van der Waals surface area contributed by atoms with Crippen molar-refractivity contribution in [2.45, 2.75) is 121 Å². The average molecular weight is 569 g/mol. The lowest BCUT2D eigenvalue weighted by Gasteiger charge is -2.50. The zero-order valence-electron chi connectivity index (χ0n) is 23.0. The Morgan fingerprint density at radius 2 is 1.74 bits per heavy atom. The van der Waals surface area contributed by atoms with Crippen LogP contribution in [-0.2, 0) is 0 Å². The minimum Gasteiger partial charge on any atom is -0.351 e. The molecular weight excluding hydrogens is 524 g/mol. The summed E-state index contributed by atoms with van der Waals surface area (Å²) in [5.41, 5.74) is 6.57. The van der Waals surface area contributed by atoms with Crippen LogP contribution in [0.5, 0.6) is 0 Å². The molecule has 1 aromatic carbocycles. The number of amides is 1. The molecule has 3 aliphatic rings. The van der Waals surface area contributed by atoms with E-state index in [0.29, 0.717) is 35.3 Å². The molecule has 6 nitrogen and oxygen atoms in total. The van der Waals surface area contributed by atoms with Crippen LogP contribution in [-0.4, -0.2) is 41.2 Å². The van der Waals surface area contributed by atoms with Crippen molar-refractivity contribution < 1.29 is 9.18 Å². The van der Waals surface area contributed by atoms with E-state index in [-0.39, 0.29) is 17.7 Å². The second-order valence-corrected chi connectivity index (χ2v) is 13.4. The Morgan fingerprint density at radius 3 is 2.37 bits per heavy atom. The topological polar surface area (TPSA) is 77.5 Å². The molecule has 4 N–H and O–H groups in total. The van der Waals surface area contributed by atoms with E-state index in [1.807, 2.05) is 20.8 Å². The summed E-state index contributed by atoms with van der Waals surface area (Å²) >= 11 is 12.6. The normalized spacial score (nSPS) is 31.9. The number of fused-ring (bicyclic) bond motifs is 1. The highest BCUT2D eigenvalue weighted by atomic mass is 35.5. The van der Waals surface area contributed by atoms with Crippen LogP contribution in [0.1, 0.15) is 102 Å². The highest BCUT2D eigenvalue weighted by Gasteiger charge is 2.59. The summed E-state index contributed by atoms with van der Waals surface area (Å²) in [6.07, 6.45) is 10.3. The first kappa shape index (κ1) is 29.6. The summed E-state index contributed by atoms with van der Waals surface area (Å²) in [4.78, 5) is 17.6. The SMILES string of the molecule is CC(C)(C)N/C(=N\C(=O)c1cccc(Cl)c1)NC1NNC2CC(Cl)C(F)CC21C1CCCCCCCCC1. The summed E-state index contributed by atoms with van der Waals surface area (Å²) in [6, 6.07) is 6.82. The Bertz CT molecular complexity index is 976. The minimum atomic E-state index is -1.08. The van der Waals surface area contributed by atoms with Crippen molar-refractivity contribution in [2.24, 2.45) is 16.3 Å². The molecule has 1 aliphatic heterocycles. The lowest BCUT2D eigenvalue weighted by molar-refractivity contribution is 0.0108. The van der Waals surface area contributed by atoms with Crippen molar-refractivity contribution in [3.63, 3.8) is 0 Å². The molecule has 0 bridgehead atoms. The number of carbonyl (C=O) groups is 1. The Labute approximate surface area is 237 Å². The fourth-order valence-electron chi connectivity index (χ4n) is 6.61. The maximum Gasteiger partial charge on any atom is 0.280 e. The second-order valence-electron chi connectivity index (χ2n) is 12.4. The third kappa shape index (κ3) is 7.21. The first-order chi connectivity index (χ1) is 18.1. The molecule has 9 heteroatoms. The number of nitrogens with zero attached hydrogens (tertiary/aromatic N) is 1. The number of halogens is 3. The van der Waals surface area contributed by atoms with Crippen molar-refractivity contribution in [2.75, 3.05) is 0 Å². The molecule has 5 unspecified atom stereocenters. The van der Waals surface area contributed by atoms with E-state index in [9.17, 15) is 4.79 Å². The van der Waals surface area contributed by atoms with Gasteiger partial charge in [-0.05, 0) is 70.6 Å². The van der Waals surface area contributed by atoms with Crippen LogP contribution in [0.3, 0.4) is 0 Å². The molecule has 2 saturated carbocycles. The average Bonchev–Trinajstić information content (AvgIpc) is 3.19. The van der Waals surface area contributed by atoms with E-state index in [1.54, 1.807) is 24.3 Å². The number of aliphatic imine (C=N–C) groups is 1. The molecule has 38 heavy (non-hydrogen) atoms. The quantitative estimate of drug-likeness (QED) is 0.191. The molecule has 212 valence electrons. The van der Waals surface area contributed by atoms with Gasteiger partial charge in [0.15, 0.2) is 0 Å². The molecule has 3 fully saturated rings. The van der Waals surface area contributed by atoms with Crippen LogP contribution in [0.2, 0.25) is 5.02 Å². The van der Waals surface area contributed by atoms with E-state index in [2.05, 4.69) is 26.5 Å². The largest absolute Gasteiger partial charge is 0.351 e. The van der Waals surface area contributed by atoms with Gasteiger partial charge in [-0.15, -0.1) is 11.6 Å². The predicted octanol–water partition coefficient (Wildman–Crippen LogP) is 6.48. The fourth-order valence-corrected chi connectivity index (χ4v) is 7.07. The zero-order chi connectivity index (χ0) is 27.3. The Hall–Kier alpha value is -1.41. The van der Waals surface area contributed by atoms with Crippen LogP contribution in [0.25, 0.3) is 0 Å². The number of guanidine groups is 1. The van der Waals surface area contributed by atoms with Gasteiger partial charge in [-0.25, -0.2) is 9.82 Å². The van der Waals surface area contributed by atoms with E-state index >= 15 is 4.39 Å². The molecule has 5 atom stereocenters. The van der Waals surface area contributed by atoms with Crippen LogP contribution >= 0.6 is 23.2 Å². The smallest absolute Gasteiger partial charge is 0.280 e. The van der Waals surface area contributed by atoms with Crippen molar-refractivity contribution in [1.29, 1.82) is 0 Å². The summed E-state index contributed by atoms with van der Waals surface area (Å²) in [6.45, 7) is 6.06. The van der Waals surface area contributed by atoms with E-state index in [0.717, 1.165) is 25.7 Å². The third-order valence-electron chi connectivity index (χ3n) is 8.41. The molecule has 1 heterocycles. The fraction of sp³-hybridized carbons (Fsp3) is 0.724. The third-order valence-corrected chi connectivity index (χ3v) is 9.10. The first-order valence-electron chi connectivity index (χ1n) is 14.3. The minimum absolute atomic E-state index is 0.0296. The molecule has 4 rings (SSSR count). The summed E-state index contributed by atoms with van der Waals surface area (Å²) in [7, 11) is 0. The molecule has 1 amide bonds. The van der Waals surface area contributed by atoms with E-state index in [4.69, 9.17) is 23.2 Å². The number of carbonyl (C=O) groups excluding carboxylic acids is 1. The highest BCUT2D eigenvalue weighted by Crippen LogP contribution is 2.52. The van der Waals surface area contributed by atoms with Crippen LogP contribution in [0, 0.1) is 11.3 Å². The van der Waals surface area contributed by atoms with Crippen molar-refractivity contribution in [3.8, 4) is 0 Å². The molecule has 0 aromatic heterocycles. The second kappa shape index (κ2) is 12.8. The monoisotopic (exact) mass is 567 g/mol. The standard InChI is InChI=1S/C29H44Cl2FN5O/c1-28(2,3)35-27(33-25(38)19-12-11-15-21(30)16-19)34-26-29(18-23(32)22(31)17-24(29)36-37-26)20-13-9-7-5-4-6-8-10-14-20/h11-12,15-16,20,22-24,26,36-37H,4-10,13-14,17-18H2,1-3H3,(H2,33,34,35,38). The zero-order valence-corrected chi connectivity index (χ0v) is 24.5. The van der Waals surface area contributed by atoms with E-state index < -0.39 is 22.9 Å². The molecule has 0 spiro atoms. The number of hydrazine groups is 1. The molecule has 1 aromatic rings. The van der Waals surface area contributed by atoms with Crippen LogP contribution in [0.4, 0.5) is 4.39 Å². The molecule has 2 aliphatic carbocycles. The van der Waals surface area contributed by atoms with Crippen molar-refractivity contribution in [3.05, 3.63) is 34.9 Å². The van der Waals surface area contributed by atoms with Gasteiger partial charge in [-0.1, -0.05) is 62.6 Å². The Morgan fingerprint density at radius 1 is 1.08 bits per heavy atom. The predicted molar refractivity (Wildman–Crippen MR) is 154 cm³/mol. The van der Waals surface area contributed by atoms with Crippen molar-refractivity contribution in [1.82, 2.24) is 21.5 Å². The Kier molecular flexibility index (Phi) is 9.99. The van der Waals surface area contributed by atoms with Gasteiger partial charge in [0.05, 0.1) is 11.5 Å². The van der Waals surface area contributed by atoms with Crippen LogP contribution in [0.15, 0.2) is 29.3 Å². The van der Waals surface area contributed by atoms with Gasteiger partial charge in [-0.2, -0.15) is 4.99 Å². The van der Waals surface area contributed by atoms with E-state index in [1.165, 1.54) is 32.1 Å². The lowest BCUT2D eigenvalue weighted by atomic mass is 9.59. The molecular formula is C29H44Cl2FN5O. The molecule has 0 radical (unpaired) electrons. The summed E-state index contributed by atoms with van der Waals surface area (Å²) in [5, 5.41) is 6.87. The van der Waals surface area contributed by atoms with Crippen molar-refractivity contribution >= 4 is 35.1 Å². The van der Waals surface area contributed by atoms with Gasteiger partial charge >= 0.3 is 0 Å². The number of hydrogen-bond donors (Lipinski definition) is 4. The first-order valence-corrected chi connectivity index (χ1v) is 15.1. The van der Waals surface area contributed by atoms with Gasteiger partial charge in [-0.3, -0.25) is 10.2 Å². The maximum absolute atomic E-state index is 15.5. The van der Waals surface area contributed by atoms with Gasteiger partial charge in [0, 0.05) is 27.6 Å². The van der Waals surface area contributed by atoms with Crippen LogP contribution < -0.4 is 21.5 Å². The van der Waals surface area contributed by atoms with Gasteiger partial charge < -0.3 is 10.6 Å². The lowest BCUT2D eigenvalue weighted by Crippen LogP contribution is -2.62. The number of benzene rings is 1. The van der Waals surface area contributed by atoms with Gasteiger partial charge in [0.25, 0.3) is 5.91 Å². The summed E-state index contributed by atoms with van der Waals surface area (Å²) < 4.78 is 15.5. The highest BCUT2D eigenvalue weighted by molar-refractivity contribution is 6.31. The molecule has 1 saturated heterocycles. The summed E-state index contributed by atoms with van der Waals surface area (Å²) in [5.74, 6) is 0.299. The number of rotatable bonds is 3. The number of alkyl halides is 2. The number of hydrogen-bond acceptors (Lipinski definition) is 3. The van der Waals surface area contributed by atoms with Gasteiger partial charge in [0.2, 0.25) is 5.96 Å².